The zero-order valence-electron chi connectivity index (χ0n) is 10.5. The average Bonchev–Trinajstić information content (AvgIpc) is 2.36. The highest BCUT2D eigenvalue weighted by Gasteiger charge is 2.26. The summed E-state index contributed by atoms with van der Waals surface area (Å²) in [7, 11) is 0. The van der Waals surface area contributed by atoms with Crippen LogP contribution in [0.25, 0.3) is 0 Å². The Bertz CT molecular complexity index is 524. The number of hydrogen-bond acceptors (Lipinski definition) is 4. The number of alkyl halides is 1. The topological polar surface area (TPSA) is 80.7 Å². The summed E-state index contributed by atoms with van der Waals surface area (Å²) >= 11 is 3.15. The molecule has 5 nitrogen and oxygen atoms in total. The fourth-order valence-electron chi connectivity index (χ4n) is 1.61. The number of ketones is 1. The number of esters is 1. The monoisotopic (exact) mass is 328 g/mol. The Labute approximate surface area is 118 Å². The van der Waals surface area contributed by atoms with Crippen LogP contribution in [0.5, 0.6) is 0 Å². The Balaban J connectivity index is 3.46. The van der Waals surface area contributed by atoms with E-state index in [9.17, 15) is 14.4 Å². The highest BCUT2D eigenvalue weighted by molar-refractivity contribution is 9.09. The molecule has 0 saturated carbocycles. The van der Waals surface area contributed by atoms with Crippen molar-refractivity contribution in [3.8, 4) is 0 Å². The second kappa shape index (κ2) is 6.47. The third-order valence-electron chi connectivity index (χ3n) is 2.44. The predicted molar refractivity (Wildman–Crippen MR) is 71.7 cm³/mol. The van der Waals surface area contributed by atoms with Crippen molar-refractivity contribution >= 4 is 33.7 Å². The number of aromatic carboxylic acids is 1. The van der Waals surface area contributed by atoms with Crippen LogP contribution in [0.15, 0.2) is 18.2 Å². The highest BCUT2D eigenvalue weighted by Crippen LogP contribution is 2.29. The van der Waals surface area contributed by atoms with E-state index in [1.807, 2.05) is 0 Å². The predicted octanol–water partition coefficient (Wildman–Crippen LogP) is 2.59. The summed E-state index contributed by atoms with van der Waals surface area (Å²) in [6.07, 6.45) is 0. The van der Waals surface area contributed by atoms with Gasteiger partial charge in [0.05, 0.1) is 22.6 Å². The van der Waals surface area contributed by atoms with Crippen molar-refractivity contribution < 1.29 is 24.2 Å². The van der Waals surface area contributed by atoms with Crippen LogP contribution in [0.1, 0.15) is 45.0 Å². The Morgan fingerprint density at radius 2 is 2.00 bits per heavy atom. The van der Waals surface area contributed by atoms with Gasteiger partial charge in [-0.25, -0.2) is 9.59 Å². The SMILES string of the molecule is CCOC(=O)c1c(C(=O)O)cccc1C(Br)C(C)=O. The largest absolute Gasteiger partial charge is 0.478 e. The van der Waals surface area contributed by atoms with E-state index in [-0.39, 0.29) is 23.5 Å². The van der Waals surface area contributed by atoms with Gasteiger partial charge in [-0.15, -0.1) is 0 Å². The van der Waals surface area contributed by atoms with Crippen molar-refractivity contribution in [3.63, 3.8) is 0 Å². The average molecular weight is 329 g/mol. The number of carbonyl (C=O) groups excluding carboxylic acids is 2. The first-order chi connectivity index (χ1) is 8.90. The van der Waals surface area contributed by atoms with Crippen LogP contribution in [-0.4, -0.2) is 29.4 Å². The molecule has 0 aliphatic rings. The second-order valence-corrected chi connectivity index (χ2v) is 4.68. The van der Waals surface area contributed by atoms with Crippen LogP contribution < -0.4 is 0 Å². The van der Waals surface area contributed by atoms with Gasteiger partial charge in [0, 0.05) is 0 Å². The lowest BCUT2D eigenvalue weighted by Crippen LogP contribution is -2.17. The molecule has 1 unspecified atom stereocenters. The Morgan fingerprint density at radius 3 is 2.47 bits per heavy atom. The molecule has 0 saturated heterocycles. The van der Waals surface area contributed by atoms with Gasteiger partial charge in [-0.1, -0.05) is 28.1 Å². The van der Waals surface area contributed by atoms with E-state index in [1.165, 1.54) is 25.1 Å². The van der Waals surface area contributed by atoms with Gasteiger partial charge in [-0.05, 0) is 25.5 Å². The smallest absolute Gasteiger partial charge is 0.339 e. The molecule has 0 radical (unpaired) electrons. The molecule has 0 spiro atoms. The molecule has 6 heteroatoms. The lowest BCUT2D eigenvalue weighted by atomic mass is 9.97. The summed E-state index contributed by atoms with van der Waals surface area (Å²) in [4.78, 5) is 33.7. The molecule has 0 amide bonds. The van der Waals surface area contributed by atoms with Crippen molar-refractivity contribution in [2.75, 3.05) is 6.61 Å². The van der Waals surface area contributed by atoms with Gasteiger partial charge in [0.1, 0.15) is 5.78 Å². The molecule has 19 heavy (non-hydrogen) atoms. The number of benzene rings is 1. The lowest BCUT2D eigenvalue weighted by Gasteiger charge is -2.14. The molecule has 1 rings (SSSR count). The zero-order valence-corrected chi connectivity index (χ0v) is 12.1. The van der Waals surface area contributed by atoms with Crippen LogP contribution in [0.3, 0.4) is 0 Å². The van der Waals surface area contributed by atoms with Gasteiger partial charge < -0.3 is 9.84 Å². The Kier molecular flexibility index (Phi) is 5.23. The van der Waals surface area contributed by atoms with E-state index < -0.39 is 16.8 Å². The quantitative estimate of drug-likeness (QED) is 0.663. The van der Waals surface area contributed by atoms with Gasteiger partial charge >= 0.3 is 11.9 Å². The molecule has 1 aromatic carbocycles. The first-order valence-corrected chi connectivity index (χ1v) is 6.49. The van der Waals surface area contributed by atoms with E-state index in [0.717, 1.165) is 0 Å². The molecule has 0 fully saturated rings. The van der Waals surface area contributed by atoms with E-state index in [2.05, 4.69) is 15.9 Å². The number of ether oxygens (including phenoxy) is 1. The molecule has 0 aliphatic heterocycles. The maximum absolute atomic E-state index is 11.9. The zero-order chi connectivity index (χ0) is 14.6. The maximum Gasteiger partial charge on any atom is 0.339 e. The third kappa shape index (κ3) is 3.41. The molecule has 1 aromatic rings. The van der Waals surface area contributed by atoms with Gasteiger partial charge in [-0.3, -0.25) is 4.79 Å². The number of rotatable bonds is 5. The highest BCUT2D eigenvalue weighted by atomic mass is 79.9. The van der Waals surface area contributed by atoms with Crippen molar-refractivity contribution in [1.82, 2.24) is 0 Å². The van der Waals surface area contributed by atoms with Crippen molar-refractivity contribution in [1.29, 1.82) is 0 Å². The fraction of sp³-hybridized carbons (Fsp3) is 0.308. The van der Waals surface area contributed by atoms with Crippen molar-refractivity contribution in [3.05, 3.63) is 34.9 Å². The summed E-state index contributed by atoms with van der Waals surface area (Å²) in [5.74, 6) is -2.22. The van der Waals surface area contributed by atoms with E-state index in [4.69, 9.17) is 9.84 Å². The van der Waals surface area contributed by atoms with E-state index in [0.29, 0.717) is 5.56 Å². The minimum Gasteiger partial charge on any atom is -0.478 e. The number of carbonyl (C=O) groups is 3. The molecular weight excluding hydrogens is 316 g/mol. The first-order valence-electron chi connectivity index (χ1n) is 5.58. The van der Waals surface area contributed by atoms with Crippen LogP contribution >= 0.6 is 15.9 Å². The minimum absolute atomic E-state index is 0.0890. The lowest BCUT2D eigenvalue weighted by molar-refractivity contribution is -0.116. The molecule has 102 valence electrons. The van der Waals surface area contributed by atoms with Gasteiger partial charge in [0.2, 0.25) is 0 Å². The number of hydrogen-bond donors (Lipinski definition) is 1. The molecule has 0 bridgehead atoms. The van der Waals surface area contributed by atoms with Gasteiger partial charge in [0.25, 0.3) is 0 Å². The van der Waals surface area contributed by atoms with Crippen LogP contribution in [0.2, 0.25) is 0 Å². The molecule has 1 N–H and O–H groups in total. The van der Waals surface area contributed by atoms with Crippen molar-refractivity contribution in [2.45, 2.75) is 18.7 Å². The van der Waals surface area contributed by atoms with Crippen molar-refractivity contribution in [2.24, 2.45) is 0 Å². The second-order valence-electron chi connectivity index (χ2n) is 3.77. The molecule has 0 heterocycles. The molecule has 1 atom stereocenters. The number of halogens is 1. The van der Waals surface area contributed by atoms with Crippen LogP contribution in [0, 0.1) is 0 Å². The summed E-state index contributed by atoms with van der Waals surface area (Å²) < 4.78 is 4.85. The summed E-state index contributed by atoms with van der Waals surface area (Å²) in [6.45, 7) is 3.10. The first kappa shape index (κ1) is 15.4. The summed E-state index contributed by atoms with van der Waals surface area (Å²) in [5.41, 5.74) is 0.0291. The standard InChI is InChI=1S/C13H13BrO5/c1-3-19-13(18)10-8(11(14)7(2)15)5-4-6-9(10)12(16)17/h4-6,11H,3H2,1-2H3,(H,16,17). The molecule has 0 aromatic heterocycles. The van der Waals surface area contributed by atoms with Crippen LogP contribution in [0.4, 0.5) is 0 Å². The fourth-order valence-corrected chi connectivity index (χ4v) is 1.99. The van der Waals surface area contributed by atoms with Gasteiger partial charge in [0.15, 0.2) is 0 Å². The number of carboxylic acids is 1. The van der Waals surface area contributed by atoms with E-state index in [1.54, 1.807) is 6.92 Å². The number of Topliss-reactive ketones (excluding diaryl/α,β-unsaturated/α-hetero) is 1. The minimum atomic E-state index is -1.24. The third-order valence-corrected chi connectivity index (χ3v) is 3.57. The summed E-state index contributed by atoms with van der Waals surface area (Å²) in [6, 6.07) is 4.32. The maximum atomic E-state index is 11.9. The van der Waals surface area contributed by atoms with E-state index >= 15 is 0 Å². The van der Waals surface area contributed by atoms with Crippen LogP contribution in [-0.2, 0) is 9.53 Å². The Morgan fingerprint density at radius 1 is 1.37 bits per heavy atom. The molecule has 0 aliphatic carbocycles. The Hall–Kier alpha value is -1.69. The number of carboxylic acid groups (broad SMARTS) is 1. The summed E-state index contributed by atoms with van der Waals surface area (Å²) in [5, 5.41) is 9.12. The normalized spacial score (nSPS) is 11.7. The molecular formula is C13H13BrO5. The van der Waals surface area contributed by atoms with Gasteiger partial charge in [-0.2, -0.15) is 0 Å².